The molecule has 5 heterocycles. The predicted octanol–water partition coefficient (Wildman–Crippen LogP) is 3.38. The second-order valence-electron chi connectivity index (χ2n) is 9.61. The van der Waals surface area contributed by atoms with Crippen molar-refractivity contribution in [2.24, 2.45) is 5.73 Å². The van der Waals surface area contributed by atoms with Crippen molar-refractivity contribution >= 4 is 16.9 Å². The van der Waals surface area contributed by atoms with E-state index >= 15 is 0 Å². The zero-order chi connectivity index (χ0) is 23.8. The number of amides is 1. The number of nitrogens with zero attached hydrogens (tertiary/aromatic N) is 5. The van der Waals surface area contributed by atoms with Crippen LogP contribution in [-0.2, 0) is 6.54 Å². The van der Waals surface area contributed by atoms with Crippen LogP contribution in [0.5, 0.6) is 0 Å². The van der Waals surface area contributed by atoms with Gasteiger partial charge in [-0.2, -0.15) is 5.10 Å². The Morgan fingerprint density at radius 3 is 2.66 bits per heavy atom. The van der Waals surface area contributed by atoms with Crippen LogP contribution in [0.2, 0.25) is 0 Å². The Balaban J connectivity index is 1.33. The predicted molar refractivity (Wildman–Crippen MR) is 134 cm³/mol. The van der Waals surface area contributed by atoms with Crippen molar-refractivity contribution in [2.45, 2.75) is 37.9 Å². The molecule has 4 aromatic rings. The summed E-state index contributed by atoms with van der Waals surface area (Å²) in [4.78, 5) is 23.3. The van der Waals surface area contributed by atoms with Crippen molar-refractivity contribution in [3.8, 4) is 11.3 Å². The Bertz CT molecular complexity index is 1310. The lowest BCUT2D eigenvalue weighted by Crippen LogP contribution is -2.46. The Morgan fingerprint density at radius 1 is 1.06 bits per heavy atom. The summed E-state index contributed by atoms with van der Waals surface area (Å²) in [6.07, 6.45) is 6.47. The number of fused-ring (bicyclic) bond motifs is 1. The lowest BCUT2D eigenvalue weighted by atomic mass is 10.0. The molecule has 35 heavy (non-hydrogen) atoms. The summed E-state index contributed by atoms with van der Waals surface area (Å²) in [5, 5.41) is 5.35. The summed E-state index contributed by atoms with van der Waals surface area (Å²) in [5.41, 5.74) is 9.17. The molecule has 2 saturated heterocycles. The molecule has 8 heteroatoms. The fourth-order valence-electron chi connectivity index (χ4n) is 5.33. The number of piperidine rings is 1. The summed E-state index contributed by atoms with van der Waals surface area (Å²) in [6.45, 7) is 4.00. The molecular weight excluding hydrogens is 440 g/mol. The van der Waals surface area contributed by atoms with Crippen LogP contribution in [0.25, 0.3) is 22.3 Å². The van der Waals surface area contributed by atoms with Crippen LogP contribution in [0.4, 0.5) is 0 Å². The first kappa shape index (κ1) is 22.0. The van der Waals surface area contributed by atoms with E-state index in [1.807, 2.05) is 53.4 Å². The van der Waals surface area contributed by atoms with Crippen LogP contribution in [0.3, 0.4) is 0 Å². The zero-order valence-electron chi connectivity index (χ0n) is 19.7. The highest BCUT2D eigenvalue weighted by atomic mass is 16.3. The van der Waals surface area contributed by atoms with Crippen LogP contribution in [0, 0.1) is 0 Å². The maximum atomic E-state index is 13.9. The smallest absolute Gasteiger partial charge is 0.254 e. The molecule has 1 atom stereocenters. The van der Waals surface area contributed by atoms with Crippen molar-refractivity contribution in [3.05, 3.63) is 72.3 Å². The SMILES string of the molecule is NC1CCN(C2CCN(C(=O)c3cc(-c4ccccc4)nc4c3cnn4Cc3ccco3)C2)CC1. The summed E-state index contributed by atoms with van der Waals surface area (Å²) < 4.78 is 7.34. The van der Waals surface area contributed by atoms with E-state index in [1.54, 1.807) is 17.1 Å². The van der Waals surface area contributed by atoms with Crippen molar-refractivity contribution in [3.63, 3.8) is 0 Å². The van der Waals surface area contributed by atoms with Gasteiger partial charge in [-0.25, -0.2) is 9.67 Å². The molecule has 3 aromatic heterocycles. The van der Waals surface area contributed by atoms with Gasteiger partial charge in [-0.05, 0) is 50.6 Å². The van der Waals surface area contributed by atoms with Gasteiger partial charge in [0.2, 0.25) is 0 Å². The second kappa shape index (κ2) is 9.28. The number of carbonyl (C=O) groups is 1. The number of furan rings is 1. The molecular formula is C27H30N6O2. The first-order valence-electron chi connectivity index (χ1n) is 12.4. The maximum absolute atomic E-state index is 13.9. The number of hydrogen-bond donors (Lipinski definition) is 1. The Labute approximate surface area is 204 Å². The van der Waals surface area contributed by atoms with Crippen molar-refractivity contribution in [2.75, 3.05) is 26.2 Å². The molecule has 2 fully saturated rings. The zero-order valence-corrected chi connectivity index (χ0v) is 19.7. The average Bonchev–Trinajstić information content (AvgIpc) is 3.66. The van der Waals surface area contributed by atoms with Crippen LogP contribution in [0.15, 0.2) is 65.4 Å². The van der Waals surface area contributed by atoms with Gasteiger partial charge in [-0.15, -0.1) is 0 Å². The molecule has 0 radical (unpaired) electrons. The molecule has 2 aliphatic rings. The number of hydrogen-bond acceptors (Lipinski definition) is 6. The third kappa shape index (κ3) is 4.35. The monoisotopic (exact) mass is 470 g/mol. The normalized spacial score (nSPS) is 19.6. The Hall–Kier alpha value is -3.49. The molecule has 8 nitrogen and oxygen atoms in total. The topological polar surface area (TPSA) is 93.4 Å². The third-order valence-electron chi connectivity index (χ3n) is 7.34. The molecule has 1 unspecified atom stereocenters. The van der Waals surface area contributed by atoms with E-state index in [9.17, 15) is 4.79 Å². The first-order chi connectivity index (χ1) is 17.2. The van der Waals surface area contributed by atoms with Crippen LogP contribution >= 0.6 is 0 Å². The van der Waals surface area contributed by atoms with Gasteiger partial charge in [0, 0.05) is 30.7 Å². The van der Waals surface area contributed by atoms with E-state index in [0.717, 1.165) is 67.8 Å². The minimum Gasteiger partial charge on any atom is -0.467 e. The Morgan fingerprint density at radius 2 is 1.89 bits per heavy atom. The van der Waals surface area contributed by atoms with E-state index in [-0.39, 0.29) is 5.91 Å². The first-order valence-corrected chi connectivity index (χ1v) is 12.4. The van der Waals surface area contributed by atoms with E-state index in [2.05, 4.69) is 10.00 Å². The number of rotatable bonds is 5. The summed E-state index contributed by atoms with van der Waals surface area (Å²) in [7, 11) is 0. The highest BCUT2D eigenvalue weighted by Crippen LogP contribution is 2.28. The molecule has 6 rings (SSSR count). The molecule has 0 saturated carbocycles. The number of carbonyl (C=O) groups excluding carboxylic acids is 1. The number of nitrogens with two attached hydrogens (primary N) is 1. The van der Waals surface area contributed by atoms with Gasteiger partial charge < -0.3 is 15.1 Å². The fraction of sp³-hybridized carbons (Fsp3) is 0.370. The van der Waals surface area contributed by atoms with Gasteiger partial charge in [0.25, 0.3) is 5.91 Å². The second-order valence-corrected chi connectivity index (χ2v) is 9.61. The summed E-state index contributed by atoms with van der Waals surface area (Å²) in [5.74, 6) is 0.835. The van der Waals surface area contributed by atoms with Crippen LogP contribution in [-0.4, -0.2) is 68.7 Å². The maximum Gasteiger partial charge on any atom is 0.254 e. The van der Waals surface area contributed by atoms with Crippen molar-refractivity contribution in [1.82, 2.24) is 24.6 Å². The van der Waals surface area contributed by atoms with Gasteiger partial charge in [0.15, 0.2) is 5.65 Å². The Kier molecular flexibility index (Phi) is 5.83. The summed E-state index contributed by atoms with van der Waals surface area (Å²) in [6, 6.07) is 16.4. The van der Waals surface area contributed by atoms with E-state index in [0.29, 0.717) is 29.8 Å². The quantitative estimate of drug-likeness (QED) is 0.481. The highest BCUT2D eigenvalue weighted by molar-refractivity contribution is 6.06. The van der Waals surface area contributed by atoms with Gasteiger partial charge in [-0.1, -0.05) is 30.3 Å². The lowest BCUT2D eigenvalue weighted by molar-refractivity contribution is 0.0771. The van der Waals surface area contributed by atoms with E-state index < -0.39 is 0 Å². The van der Waals surface area contributed by atoms with E-state index in [1.165, 1.54) is 0 Å². The van der Waals surface area contributed by atoms with Crippen molar-refractivity contribution in [1.29, 1.82) is 0 Å². The van der Waals surface area contributed by atoms with Gasteiger partial charge >= 0.3 is 0 Å². The molecule has 2 aliphatic heterocycles. The number of pyridine rings is 1. The van der Waals surface area contributed by atoms with Gasteiger partial charge in [0.1, 0.15) is 12.3 Å². The molecule has 1 aromatic carbocycles. The third-order valence-corrected chi connectivity index (χ3v) is 7.34. The minimum atomic E-state index is 0.0448. The fourth-order valence-corrected chi connectivity index (χ4v) is 5.33. The average molecular weight is 471 g/mol. The van der Waals surface area contributed by atoms with Crippen molar-refractivity contribution < 1.29 is 9.21 Å². The molecule has 2 N–H and O–H groups in total. The number of benzene rings is 1. The summed E-state index contributed by atoms with van der Waals surface area (Å²) >= 11 is 0. The number of likely N-dealkylation sites (tertiary alicyclic amines) is 2. The minimum absolute atomic E-state index is 0.0448. The van der Waals surface area contributed by atoms with E-state index in [4.69, 9.17) is 15.1 Å². The van der Waals surface area contributed by atoms with Crippen LogP contribution < -0.4 is 5.73 Å². The molecule has 1 amide bonds. The van der Waals surface area contributed by atoms with Crippen LogP contribution in [0.1, 0.15) is 35.4 Å². The van der Waals surface area contributed by atoms with Gasteiger partial charge in [0.05, 0.1) is 29.1 Å². The van der Waals surface area contributed by atoms with Gasteiger partial charge in [-0.3, -0.25) is 9.69 Å². The molecule has 180 valence electrons. The molecule has 0 bridgehead atoms. The number of aromatic nitrogens is 3. The highest BCUT2D eigenvalue weighted by Gasteiger charge is 2.33. The standard InChI is InChI=1S/C27H30N6O2/c28-20-8-11-31(12-9-20)21-10-13-32(17-21)27(34)23-15-25(19-5-2-1-3-6-19)30-26-24(23)16-29-33(26)18-22-7-4-14-35-22/h1-7,14-16,20-21H,8-13,17-18,28H2. The molecule has 0 spiro atoms. The largest absolute Gasteiger partial charge is 0.467 e. The lowest BCUT2D eigenvalue weighted by Gasteiger charge is -2.34. The molecule has 0 aliphatic carbocycles.